The Morgan fingerprint density at radius 2 is 2.29 bits per heavy atom. The molecule has 0 bridgehead atoms. The number of ether oxygens (including phenoxy) is 1. The zero-order chi connectivity index (χ0) is 16.9. The van der Waals surface area contributed by atoms with Crippen LogP contribution in [0.15, 0.2) is 18.6 Å². The normalized spacial score (nSPS) is 18.2. The molecule has 8 nitrogen and oxygen atoms in total. The zero-order valence-corrected chi connectivity index (χ0v) is 14.0. The summed E-state index contributed by atoms with van der Waals surface area (Å²) < 4.78 is 5.67. The van der Waals surface area contributed by atoms with Gasteiger partial charge in [-0.3, -0.25) is 14.9 Å². The van der Waals surface area contributed by atoms with Crippen LogP contribution >= 0.6 is 0 Å². The fourth-order valence-corrected chi connectivity index (χ4v) is 2.81. The SMILES string of the molecule is CNc1cnc(C[C@@H]2COCCN(C(=O)c3cn[nH]c3C)C2)cn1. The molecule has 1 amide bonds. The molecule has 1 saturated heterocycles. The number of amides is 1. The van der Waals surface area contributed by atoms with E-state index in [1.807, 2.05) is 18.9 Å². The molecular formula is C16H22N6O2. The highest BCUT2D eigenvalue weighted by Gasteiger charge is 2.25. The smallest absolute Gasteiger partial charge is 0.257 e. The maximum atomic E-state index is 12.7. The van der Waals surface area contributed by atoms with Crippen molar-refractivity contribution in [2.75, 3.05) is 38.7 Å². The number of H-pyrrole nitrogens is 1. The van der Waals surface area contributed by atoms with Crippen molar-refractivity contribution in [2.45, 2.75) is 13.3 Å². The monoisotopic (exact) mass is 330 g/mol. The van der Waals surface area contributed by atoms with Gasteiger partial charge in [0, 0.05) is 31.7 Å². The standard InChI is InChI=1S/C16H22N6O2/c1-11-14(7-20-21-11)16(23)22-3-4-24-10-12(9-22)5-13-6-19-15(17-2)8-18-13/h6-8,12H,3-5,9-10H2,1-2H3,(H,17,19)(H,20,21)/t12-/m0/s1. The van der Waals surface area contributed by atoms with Crippen LogP contribution in [0.3, 0.4) is 0 Å². The maximum Gasteiger partial charge on any atom is 0.257 e. The molecule has 24 heavy (non-hydrogen) atoms. The van der Waals surface area contributed by atoms with Gasteiger partial charge in [-0.1, -0.05) is 0 Å². The van der Waals surface area contributed by atoms with Gasteiger partial charge in [0.05, 0.1) is 43.1 Å². The van der Waals surface area contributed by atoms with Gasteiger partial charge in [0.25, 0.3) is 5.91 Å². The summed E-state index contributed by atoms with van der Waals surface area (Å²) >= 11 is 0. The van der Waals surface area contributed by atoms with Gasteiger partial charge in [-0.2, -0.15) is 5.10 Å². The van der Waals surface area contributed by atoms with E-state index in [9.17, 15) is 4.79 Å². The Kier molecular flexibility index (Phi) is 5.05. The number of aromatic nitrogens is 4. The van der Waals surface area contributed by atoms with Crippen molar-refractivity contribution in [3.8, 4) is 0 Å². The third-order valence-corrected chi connectivity index (χ3v) is 4.14. The molecule has 0 radical (unpaired) electrons. The number of aryl methyl sites for hydroxylation is 1. The van der Waals surface area contributed by atoms with E-state index >= 15 is 0 Å². The molecule has 1 atom stereocenters. The van der Waals surface area contributed by atoms with E-state index in [1.54, 1.807) is 18.6 Å². The van der Waals surface area contributed by atoms with Crippen LogP contribution in [0, 0.1) is 12.8 Å². The first-order valence-electron chi connectivity index (χ1n) is 8.03. The molecule has 1 fully saturated rings. The highest BCUT2D eigenvalue weighted by atomic mass is 16.5. The van der Waals surface area contributed by atoms with E-state index in [1.165, 1.54) is 0 Å². The highest BCUT2D eigenvalue weighted by molar-refractivity contribution is 5.95. The minimum Gasteiger partial charge on any atom is -0.379 e. The van der Waals surface area contributed by atoms with Crippen molar-refractivity contribution in [3.63, 3.8) is 0 Å². The largest absolute Gasteiger partial charge is 0.379 e. The van der Waals surface area contributed by atoms with E-state index in [2.05, 4.69) is 25.5 Å². The van der Waals surface area contributed by atoms with Crippen LogP contribution in [-0.4, -0.2) is 64.3 Å². The van der Waals surface area contributed by atoms with Crippen molar-refractivity contribution in [2.24, 2.45) is 5.92 Å². The van der Waals surface area contributed by atoms with Crippen LogP contribution in [0.25, 0.3) is 0 Å². The summed E-state index contributed by atoms with van der Waals surface area (Å²) in [7, 11) is 1.81. The third kappa shape index (κ3) is 3.70. The molecule has 3 rings (SSSR count). The highest BCUT2D eigenvalue weighted by Crippen LogP contribution is 2.16. The first-order chi connectivity index (χ1) is 11.7. The van der Waals surface area contributed by atoms with Gasteiger partial charge in [0.2, 0.25) is 0 Å². The number of hydrogen-bond donors (Lipinski definition) is 2. The molecule has 0 aromatic carbocycles. The summed E-state index contributed by atoms with van der Waals surface area (Å²) in [5.74, 6) is 0.926. The number of aromatic amines is 1. The first kappa shape index (κ1) is 16.4. The van der Waals surface area contributed by atoms with Crippen LogP contribution in [0.5, 0.6) is 0 Å². The van der Waals surface area contributed by atoms with Crippen LogP contribution in [-0.2, 0) is 11.2 Å². The Morgan fingerprint density at radius 3 is 2.96 bits per heavy atom. The van der Waals surface area contributed by atoms with E-state index in [0.29, 0.717) is 31.9 Å². The fraction of sp³-hybridized carbons (Fsp3) is 0.500. The number of carbonyl (C=O) groups excluding carboxylic acids is 1. The van der Waals surface area contributed by atoms with Crippen LogP contribution < -0.4 is 5.32 Å². The molecule has 128 valence electrons. The molecule has 2 aromatic rings. The molecule has 1 aliphatic heterocycles. The summed E-state index contributed by atoms with van der Waals surface area (Å²) in [6, 6.07) is 0. The summed E-state index contributed by atoms with van der Waals surface area (Å²) in [6.45, 7) is 4.24. The molecule has 0 aliphatic carbocycles. The van der Waals surface area contributed by atoms with Gasteiger partial charge in [-0.15, -0.1) is 0 Å². The Morgan fingerprint density at radius 1 is 1.42 bits per heavy atom. The van der Waals surface area contributed by atoms with Crippen molar-refractivity contribution in [1.29, 1.82) is 0 Å². The predicted octanol–water partition coefficient (Wildman–Crippen LogP) is 0.881. The minimum absolute atomic E-state index is 0.00614. The van der Waals surface area contributed by atoms with E-state index in [-0.39, 0.29) is 11.8 Å². The Bertz CT molecular complexity index is 684. The van der Waals surface area contributed by atoms with Crippen molar-refractivity contribution in [1.82, 2.24) is 25.1 Å². The van der Waals surface area contributed by atoms with Gasteiger partial charge in [-0.25, -0.2) is 4.98 Å². The van der Waals surface area contributed by atoms with E-state index in [0.717, 1.165) is 23.6 Å². The number of nitrogens with zero attached hydrogens (tertiary/aromatic N) is 4. The number of carbonyl (C=O) groups is 1. The second-order valence-corrected chi connectivity index (χ2v) is 5.95. The third-order valence-electron chi connectivity index (χ3n) is 4.14. The molecular weight excluding hydrogens is 308 g/mol. The van der Waals surface area contributed by atoms with Crippen molar-refractivity contribution < 1.29 is 9.53 Å². The lowest BCUT2D eigenvalue weighted by atomic mass is 10.0. The topological polar surface area (TPSA) is 96.0 Å². The average molecular weight is 330 g/mol. The molecule has 2 N–H and O–H groups in total. The Labute approximate surface area is 140 Å². The summed E-state index contributed by atoms with van der Waals surface area (Å²) in [5.41, 5.74) is 2.31. The Balaban J connectivity index is 1.68. The van der Waals surface area contributed by atoms with E-state index in [4.69, 9.17) is 4.74 Å². The molecule has 0 spiro atoms. The van der Waals surface area contributed by atoms with Crippen molar-refractivity contribution >= 4 is 11.7 Å². The van der Waals surface area contributed by atoms with Crippen molar-refractivity contribution in [3.05, 3.63) is 35.5 Å². The molecule has 0 saturated carbocycles. The average Bonchev–Trinajstić information content (AvgIpc) is 2.89. The van der Waals surface area contributed by atoms with Gasteiger partial charge in [0.1, 0.15) is 5.82 Å². The summed E-state index contributed by atoms with van der Waals surface area (Å²) in [6.07, 6.45) is 5.79. The zero-order valence-electron chi connectivity index (χ0n) is 14.0. The number of rotatable bonds is 4. The van der Waals surface area contributed by atoms with Gasteiger partial charge >= 0.3 is 0 Å². The van der Waals surface area contributed by atoms with Gasteiger partial charge in [-0.05, 0) is 13.3 Å². The predicted molar refractivity (Wildman–Crippen MR) is 88.8 cm³/mol. The molecule has 1 aliphatic rings. The molecule has 3 heterocycles. The lowest BCUT2D eigenvalue weighted by Crippen LogP contribution is -2.36. The lowest BCUT2D eigenvalue weighted by molar-refractivity contribution is 0.0736. The second kappa shape index (κ2) is 7.39. The number of hydrogen-bond acceptors (Lipinski definition) is 6. The lowest BCUT2D eigenvalue weighted by Gasteiger charge is -2.23. The summed E-state index contributed by atoms with van der Waals surface area (Å²) in [5, 5.41) is 9.70. The van der Waals surface area contributed by atoms with Crippen LogP contribution in [0.1, 0.15) is 21.7 Å². The maximum absolute atomic E-state index is 12.7. The van der Waals surface area contributed by atoms with Gasteiger partial charge in [0.15, 0.2) is 0 Å². The molecule has 8 heteroatoms. The minimum atomic E-state index is -0.00614. The molecule has 0 unspecified atom stereocenters. The quantitative estimate of drug-likeness (QED) is 0.864. The number of nitrogens with one attached hydrogen (secondary N) is 2. The molecule has 2 aromatic heterocycles. The number of anilines is 1. The van der Waals surface area contributed by atoms with Crippen LogP contribution in [0.2, 0.25) is 0 Å². The fourth-order valence-electron chi connectivity index (χ4n) is 2.81. The first-order valence-corrected chi connectivity index (χ1v) is 8.03. The van der Waals surface area contributed by atoms with Crippen LogP contribution in [0.4, 0.5) is 5.82 Å². The second-order valence-electron chi connectivity index (χ2n) is 5.95. The Hall–Kier alpha value is -2.48. The van der Waals surface area contributed by atoms with E-state index < -0.39 is 0 Å². The van der Waals surface area contributed by atoms with Gasteiger partial charge < -0.3 is 15.0 Å². The summed E-state index contributed by atoms with van der Waals surface area (Å²) in [4.78, 5) is 23.2.